The van der Waals surface area contributed by atoms with Crippen molar-refractivity contribution in [2.45, 2.75) is 39.2 Å². The first kappa shape index (κ1) is 15.9. The van der Waals surface area contributed by atoms with Crippen molar-refractivity contribution < 1.29 is 14.7 Å². The zero-order valence-electron chi connectivity index (χ0n) is 11.2. The quantitative estimate of drug-likeness (QED) is 0.667. The van der Waals surface area contributed by atoms with Gasteiger partial charge in [0.1, 0.15) is 0 Å². The van der Waals surface area contributed by atoms with Gasteiger partial charge in [-0.15, -0.1) is 0 Å². The van der Waals surface area contributed by atoms with Crippen molar-refractivity contribution in [1.29, 1.82) is 0 Å². The van der Waals surface area contributed by atoms with E-state index >= 15 is 0 Å². The molecule has 1 amide bonds. The summed E-state index contributed by atoms with van der Waals surface area (Å²) in [6.45, 7) is 4.03. The molecule has 5 nitrogen and oxygen atoms in total. The number of carboxylic acids is 1. The zero-order valence-corrected chi connectivity index (χ0v) is 11.2. The van der Waals surface area contributed by atoms with Gasteiger partial charge in [-0.05, 0) is 33.9 Å². The van der Waals surface area contributed by atoms with Crippen LogP contribution < -0.4 is 5.32 Å². The van der Waals surface area contributed by atoms with E-state index in [1.165, 1.54) is 0 Å². The predicted octanol–water partition coefficient (Wildman–Crippen LogP) is 0.944. The molecule has 0 radical (unpaired) electrons. The number of hydrogen-bond acceptors (Lipinski definition) is 3. The minimum atomic E-state index is -0.755. The Bertz CT molecular complexity index is 254. The van der Waals surface area contributed by atoms with Crippen LogP contribution in [0.3, 0.4) is 0 Å². The van der Waals surface area contributed by atoms with Gasteiger partial charge in [-0.2, -0.15) is 0 Å². The van der Waals surface area contributed by atoms with Crippen LogP contribution in [-0.4, -0.2) is 48.6 Å². The standard InChI is InChI=1S/C12H24N2O3/c1-9(12(16)17)6-5-7-10(2)13-11(15)8-14(3)4/h9-10H,5-8H2,1-4H3,(H,13,15)(H,16,17). The Hall–Kier alpha value is -1.10. The molecule has 0 rings (SSSR count). The van der Waals surface area contributed by atoms with Crippen LogP contribution in [0.5, 0.6) is 0 Å². The van der Waals surface area contributed by atoms with Crippen molar-refractivity contribution in [3.63, 3.8) is 0 Å². The van der Waals surface area contributed by atoms with Gasteiger partial charge >= 0.3 is 5.97 Å². The highest BCUT2D eigenvalue weighted by atomic mass is 16.4. The lowest BCUT2D eigenvalue weighted by Gasteiger charge is -2.16. The smallest absolute Gasteiger partial charge is 0.306 e. The van der Waals surface area contributed by atoms with Crippen LogP contribution in [0.4, 0.5) is 0 Å². The highest BCUT2D eigenvalue weighted by Gasteiger charge is 2.12. The van der Waals surface area contributed by atoms with Crippen LogP contribution >= 0.6 is 0 Å². The van der Waals surface area contributed by atoms with Gasteiger partial charge in [0.25, 0.3) is 0 Å². The van der Waals surface area contributed by atoms with E-state index in [0.29, 0.717) is 13.0 Å². The largest absolute Gasteiger partial charge is 0.481 e. The van der Waals surface area contributed by atoms with E-state index < -0.39 is 5.97 Å². The monoisotopic (exact) mass is 244 g/mol. The van der Waals surface area contributed by atoms with Crippen molar-refractivity contribution in [2.75, 3.05) is 20.6 Å². The van der Waals surface area contributed by atoms with Gasteiger partial charge in [0, 0.05) is 6.04 Å². The molecule has 0 bridgehead atoms. The van der Waals surface area contributed by atoms with Gasteiger partial charge in [-0.3, -0.25) is 9.59 Å². The maximum Gasteiger partial charge on any atom is 0.306 e. The van der Waals surface area contributed by atoms with Gasteiger partial charge in [0.2, 0.25) is 5.91 Å². The Labute approximate surface area is 103 Å². The van der Waals surface area contributed by atoms with E-state index in [0.717, 1.165) is 12.8 Å². The summed E-state index contributed by atoms with van der Waals surface area (Å²) >= 11 is 0. The molecular weight excluding hydrogens is 220 g/mol. The summed E-state index contributed by atoms with van der Waals surface area (Å²) in [5, 5.41) is 11.6. The second-order valence-electron chi connectivity index (χ2n) is 4.88. The lowest BCUT2D eigenvalue weighted by atomic mass is 10.0. The molecule has 0 saturated heterocycles. The van der Waals surface area contributed by atoms with Gasteiger partial charge in [0.15, 0.2) is 0 Å². The molecule has 0 heterocycles. The number of aliphatic carboxylic acids is 1. The summed E-state index contributed by atoms with van der Waals surface area (Å²) in [7, 11) is 3.69. The molecule has 0 aromatic heterocycles. The molecule has 0 aliphatic rings. The lowest BCUT2D eigenvalue weighted by molar-refractivity contribution is -0.141. The third-order valence-electron chi connectivity index (χ3n) is 2.56. The highest BCUT2D eigenvalue weighted by Crippen LogP contribution is 2.09. The Kier molecular flexibility index (Phi) is 7.54. The molecule has 5 heteroatoms. The maximum atomic E-state index is 11.4. The highest BCUT2D eigenvalue weighted by molar-refractivity contribution is 5.78. The summed E-state index contributed by atoms with van der Waals surface area (Å²) in [6, 6.07) is 0.100. The van der Waals surface area contributed by atoms with Crippen LogP contribution in [0, 0.1) is 5.92 Å². The summed E-state index contributed by atoms with van der Waals surface area (Å²) < 4.78 is 0. The van der Waals surface area contributed by atoms with Crippen molar-refractivity contribution in [3.8, 4) is 0 Å². The molecular formula is C12H24N2O3. The molecule has 2 atom stereocenters. The molecule has 2 N–H and O–H groups in total. The first-order valence-electron chi connectivity index (χ1n) is 5.99. The molecule has 2 unspecified atom stereocenters. The topological polar surface area (TPSA) is 69.6 Å². The zero-order chi connectivity index (χ0) is 13.4. The first-order chi connectivity index (χ1) is 7.82. The van der Waals surface area contributed by atoms with E-state index in [1.807, 2.05) is 25.9 Å². The van der Waals surface area contributed by atoms with E-state index in [-0.39, 0.29) is 17.9 Å². The average molecular weight is 244 g/mol. The Balaban J connectivity index is 3.69. The Morgan fingerprint density at radius 1 is 1.24 bits per heavy atom. The molecule has 0 aromatic carbocycles. The normalized spacial score (nSPS) is 14.4. The molecule has 17 heavy (non-hydrogen) atoms. The number of amides is 1. The van der Waals surface area contributed by atoms with Crippen molar-refractivity contribution >= 4 is 11.9 Å². The minimum absolute atomic E-state index is 0.00813. The molecule has 0 aliphatic carbocycles. The SMILES string of the molecule is CC(CCCC(C)C(=O)O)NC(=O)CN(C)C. The Morgan fingerprint density at radius 2 is 1.82 bits per heavy atom. The fraction of sp³-hybridized carbons (Fsp3) is 0.833. The average Bonchev–Trinajstić information content (AvgIpc) is 2.15. The van der Waals surface area contributed by atoms with Gasteiger partial charge in [-0.1, -0.05) is 13.3 Å². The van der Waals surface area contributed by atoms with E-state index in [4.69, 9.17) is 5.11 Å². The molecule has 0 fully saturated rings. The van der Waals surface area contributed by atoms with E-state index in [1.54, 1.807) is 6.92 Å². The first-order valence-corrected chi connectivity index (χ1v) is 5.99. The predicted molar refractivity (Wildman–Crippen MR) is 66.8 cm³/mol. The number of hydrogen-bond donors (Lipinski definition) is 2. The fourth-order valence-electron chi connectivity index (χ4n) is 1.53. The van der Waals surface area contributed by atoms with Gasteiger partial charge < -0.3 is 15.3 Å². The molecule has 0 aromatic rings. The van der Waals surface area contributed by atoms with Gasteiger partial charge in [0.05, 0.1) is 12.5 Å². The van der Waals surface area contributed by atoms with Crippen molar-refractivity contribution in [1.82, 2.24) is 10.2 Å². The maximum absolute atomic E-state index is 11.4. The summed E-state index contributed by atoms with van der Waals surface area (Å²) in [4.78, 5) is 23.8. The molecule has 0 saturated carbocycles. The van der Waals surface area contributed by atoms with Crippen LogP contribution in [0.25, 0.3) is 0 Å². The summed E-state index contributed by atoms with van der Waals surface area (Å²) in [6.07, 6.45) is 2.29. The number of carbonyl (C=O) groups is 2. The van der Waals surface area contributed by atoms with Crippen molar-refractivity contribution in [3.05, 3.63) is 0 Å². The van der Waals surface area contributed by atoms with Crippen LogP contribution in [0.2, 0.25) is 0 Å². The number of nitrogens with one attached hydrogen (secondary N) is 1. The second-order valence-corrected chi connectivity index (χ2v) is 4.88. The third-order valence-corrected chi connectivity index (χ3v) is 2.56. The fourth-order valence-corrected chi connectivity index (χ4v) is 1.53. The molecule has 0 aliphatic heterocycles. The second kappa shape index (κ2) is 8.06. The number of rotatable bonds is 8. The lowest BCUT2D eigenvalue weighted by Crippen LogP contribution is -2.38. The van der Waals surface area contributed by atoms with Crippen LogP contribution in [0.15, 0.2) is 0 Å². The minimum Gasteiger partial charge on any atom is -0.481 e. The van der Waals surface area contributed by atoms with E-state index in [2.05, 4.69) is 5.32 Å². The van der Waals surface area contributed by atoms with Crippen molar-refractivity contribution in [2.24, 2.45) is 5.92 Å². The third kappa shape index (κ3) is 8.68. The molecule has 100 valence electrons. The number of nitrogens with zero attached hydrogens (tertiary/aromatic N) is 1. The molecule has 0 spiro atoms. The number of carboxylic acid groups (broad SMARTS) is 1. The Morgan fingerprint density at radius 3 is 2.29 bits per heavy atom. The number of carbonyl (C=O) groups excluding carboxylic acids is 1. The van der Waals surface area contributed by atoms with Gasteiger partial charge in [-0.25, -0.2) is 0 Å². The number of likely N-dealkylation sites (N-methyl/N-ethyl adjacent to an activating group) is 1. The summed E-state index contributed by atoms with van der Waals surface area (Å²) in [5.41, 5.74) is 0. The van der Waals surface area contributed by atoms with Crippen LogP contribution in [0.1, 0.15) is 33.1 Å². The van der Waals surface area contributed by atoms with Crippen LogP contribution in [-0.2, 0) is 9.59 Å². The summed E-state index contributed by atoms with van der Waals surface area (Å²) in [5.74, 6) is -1.05. The van der Waals surface area contributed by atoms with E-state index in [9.17, 15) is 9.59 Å².